The van der Waals surface area contributed by atoms with Gasteiger partial charge >= 0.3 is 0 Å². The number of anilines is 1. The lowest BCUT2D eigenvalue weighted by Crippen LogP contribution is -2.14. The number of rotatable bonds is 8. The predicted octanol–water partition coefficient (Wildman–Crippen LogP) is 3.12. The molecular formula is C14H17ClN2O5S3. The Kier molecular flexibility index (Phi) is 6.44. The monoisotopic (exact) mass is 424 g/mol. The Bertz CT molecular complexity index is 955. The van der Waals surface area contributed by atoms with Crippen LogP contribution in [-0.4, -0.2) is 32.1 Å². The molecule has 0 saturated carbocycles. The van der Waals surface area contributed by atoms with Crippen LogP contribution in [0.4, 0.5) is 5.13 Å². The van der Waals surface area contributed by atoms with E-state index in [0.29, 0.717) is 35.5 Å². The highest BCUT2D eigenvalue weighted by Gasteiger charge is 2.19. The van der Waals surface area contributed by atoms with Crippen LogP contribution in [0.3, 0.4) is 0 Å². The van der Waals surface area contributed by atoms with Crippen LogP contribution in [0.15, 0.2) is 28.5 Å². The molecule has 7 nitrogen and oxygen atoms in total. The van der Waals surface area contributed by atoms with Crippen LogP contribution in [0.2, 0.25) is 5.02 Å². The summed E-state index contributed by atoms with van der Waals surface area (Å²) in [6.07, 6.45) is 1.31. The minimum atomic E-state index is -3.96. The van der Waals surface area contributed by atoms with Crippen molar-refractivity contribution in [2.24, 2.45) is 0 Å². The normalized spacial score (nSPS) is 12.3. The second kappa shape index (κ2) is 8.00. The van der Waals surface area contributed by atoms with E-state index in [-0.39, 0.29) is 15.8 Å². The molecule has 2 N–H and O–H groups in total. The Labute approximate surface area is 155 Å². The summed E-state index contributed by atoms with van der Waals surface area (Å²) < 4.78 is 57.3. The number of halogens is 1. The number of benzene rings is 1. The molecule has 1 heterocycles. The van der Waals surface area contributed by atoms with Crippen molar-refractivity contribution in [3.63, 3.8) is 0 Å². The van der Waals surface area contributed by atoms with Gasteiger partial charge in [-0.3, -0.25) is 9.27 Å². The lowest BCUT2D eigenvalue weighted by Gasteiger charge is -2.09. The molecule has 0 aliphatic heterocycles. The van der Waals surface area contributed by atoms with Gasteiger partial charge in [0.1, 0.15) is 0 Å². The van der Waals surface area contributed by atoms with E-state index >= 15 is 0 Å². The topological polar surface area (TPSA) is 113 Å². The third kappa shape index (κ3) is 5.93. The van der Waals surface area contributed by atoms with Crippen LogP contribution < -0.4 is 4.72 Å². The second-order valence-electron chi connectivity index (χ2n) is 5.36. The third-order valence-electron chi connectivity index (χ3n) is 3.37. The van der Waals surface area contributed by atoms with Crippen molar-refractivity contribution >= 4 is 48.2 Å². The molecule has 0 atom stereocenters. The molecule has 2 rings (SSSR count). The van der Waals surface area contributed by atoms with Crippen molar-refractivity contribution in [2.75, 3.05) is 10.5 Å². The van der Waals surface area contributed by atoms with Gasteiger partial charge in [-0.05, 0) is 43.9 Å². The number of nitrogens with zero attached hydrogens (tertiary/aromatic N) is 1. The van der Waals surface area contributed by atoms with Crippen LogP contribution in [0, 0.1) is 6.92 Å². The van der Waals surface area contributed by atoms with Crippen LogP contribution in [-0.2, 0) is 26.6 Å². The fourth-order valence-corrected chi connectivity index (χ4v) is 5.17. The van der Waals surface area contributed by atoms with Crippen LogP contribution in [0.1, 0.15) is 24.1 Å². The third-order valence-corrected chi connectivity index (χ3v) is 7.00. The summed E-state index contributed by atoms with van der Waals surface area (Å²) in [4.78, 5) is 4.28. The largest absolute Gasteiger partial charge is 0.286 e. The first-order valence-corrected chi connectivity index (χ1v) is 11.6. The Morgan fingerprint density at radius 1 is 1.24 bits per heavy atom. The summed E-state index contributed by atoms with van der Waals surface area (Å²) in [5, 5.41) is 2.29. The molecule has 2 aromatic rings. The highest BCUT2D eigenvalue weighted by Crippen LogP contribution is 2.26. The van der Waals surface area contributed by atoms with E-state index in [1.54, 1.807) is 24.4 Å². The first kappa shape index (κ1) is 20.1. The molecule has 11 heteroatoms. The molecule has 1 aromatic carbocycles. The Morgan fingerprint density at radius 3 is 2.64 bits per heavy atom. The molecule has 0 fully saturated rings. The molecule has 1 aromatic heterocycles. The van der Waals surface area contributed by atoms with Gasteiger partial charge in [0.05, 0.1) is 16.3 Å². The van der Waals surface area contributed by atoms with Gasteiger partial charge < -0.3 is 0 Å². The molecule has 0 unspecified atom stereocenters. The second-order valence-corrected chi connectivity index (χ2v) is 9.84. The SMILES string of the molecule is Cc1c(Cl)cccc1S(=O)(=O)Nc1nc(CCCCS(=O)(=O)O)cs1. The smallest absolute Gasteiger partial charge is 0.264 e. The predicted molar refractivity (Wildman–Crippen MR) is 98.5 cm³/mol. The maximum absolute atomic E-state index is 12.5. The number of hydrogen-bond acceptors (Lipinski definition) is 6. The van der Waals surface area contributed by atoms with Crippen molar-refractivity contribution in [3.8, 4) is 0 Å². The standard InChI is InChI=1S/C14H17ClN2O5S3/c1-10-12(15)6-4-7-13(10)25(21,22)17-14-16-11(9-23-14)5-2-3-8-24(18,19)20/h4,6-7,9H,2-3,5,8H2,1H3,(H,16,17)(H,18,19,20). The molecule has 25 heavy (non-hydrogen) atoms. The number of unbranched alkanes of at least 4 members (excludes halogenated alkanes) is 1. The molecule has 0 bridgehead atoms. The van der Waals surface area contributed by atoms with Gasteiger partial charge in [-0.1, -0.05) is 17.7 Å². The van der Waals surface area contributed by atoms with Crippen LogP contribution in [0.25, 0.3) is 0 Å². The Hall–Kier alpha value is -1.20. The van der Waals surface area contributed by atoms with Gasteiger partial charge in [0, 0.05) is 10.4 Å². The number of hydrogen-bond donors (Lipinski definition) is 2. The van der Waals surface area contributed by atoms with E-state index in [4.69, 9.17) is 16.2 Å². The van der Waals surface area contributed by atoms with Crippen LogP contribution in [0.5, 0.6) is 0 Å². The fourth-order valence-electron chi connectivity index (χ4n) is 2.11. The Balaban J connectivity index is 2.01. The van der Waals surface area contributed by atoms with Gasteiger partial charge in [-0.15, -0.1) is 11.3 Å². The number of aryl methyl sites for hydroxylation is 1. The summed E-state index contributed by atoms with van der Waals surface area (Å²) in [6.45, 7) is 1.62. The zero-order chi connectivity index (χ0) is 18.7. The first-order chi connectivity index (χ1) is 11.6. The van der Waals surface area contributed by atoms with Crippen molar-refractivity contribution < 1.29 is 21.4 Å². The number of nitrogens with one attached hydrogen (secondary N) is 1. The molecule has 0 aliphatic carbocycles. The van der Waals surface area contributed by atoms with Crippen molar-refractivity contribution in [1.82, 2.24) is 4.98 Å². The fraction of sp³-hybridized carbons (Fsp3) is 0.357. The molecule has 0 radical (unpaired) electrons. The van der Waals surface area contributed by atoms with E-state index in [1.807, 2.05) is 0 Å². The van der Waals surface area contributed by atoms with Gasteiger partial charge in [0.15, 0.2) is 5.13 Å². The van der Waals surface area contributed by atoms with E-state index in [1.165, 1.54) is 6.07 Å². The number of thiazole rings is 1. The Morgan fingerprint density at radius 2 is 1.96 bits per heavy atom. The summed E-state index contributed by atoms with van der Waals surface area (Å²) >= 11 is 7.11. The first-order valence-electron chi connectivity index (χ1n) is 7.26. The van der Waals surface area contributed by atoms with Gasteiger partial charge in [-0.25, -0.2) is 13.4 Å². The zero-order valence-electron chi connectivity index (χ0n) is 13.3. The summed E-state index contributed by atoms with van der Waals surface area (Å²) in [5.74, 6) is -0.301. The number of aromatic nitrogens is 1. The molecule has 0 aliphatic rings. The average Bonchev–Trinajstić information content (AvgIpc) is 2.92. The minimum absolute atomic E-state index is 0.0879. The van der Waals surface area contributed by atoms with Gasteiger partial charge in [0.25, 0.3) is 20.1 Å². The molecular weight excluding hydrogens is 408 g/mol. The van der Waals surface area contributed by atoms with Crippen LogP contribution >= 0.6 is 22.9 Å². The summed E-state index contributed by atoms with van der Waals surface area (Å²) in [6, 6.07) is 4.64. The quantitative estimate of drug-likeness (QED) is 0.497. The van der Waals surface area contributed by atoms with E-state index in [9.17, 15) is 16.8 Å². The van der Waals surface area contributed by atoms with Gasteiger partial charge in [0.2, 0.25) is 0 Å². The summed E-state index contributed by atoms with van der Waals surface area (Å²) in [7, 11) is -7.75. The van der Waals surface area contributed by atoms with E-state index < -0.39 is 20.1 Å². The highest BCUT2D eigenvalue weighted by atomic mass is 35.5. The molecule has 0 amide bonds. The minimum Gasteiger partial charge on any atom is -0.286 e. The maximum atomic E-state index is 12.5. The molecule has 0 spiro atoms. The van der Waals surface area contributed by atoms with E-state index in [2.05, 4.69) is 9.71 Å². The molecule has 138 valence electrons. The van der Waals surface area contributed by atoms with Gasteiger partial charge in [-0.2, -0.15) is 8.42 Å². The van der Waals surface area contributed by atoms with Crippen molar-refractivity contribution in [3.05, 3.63) is 39.9 Å². The van der Waals surface area contributed by atoms with Crippen molar-refractivity contribution in [1.29, 1.82) is 0 Å². The maximum Gasteiger partial charge on any atom is 0.264 e. The number of sulfonamides is 1. The van der Waals surface area contributed by atoms with E-state index in [0.717, 1.165) is 11.3 Å². The zero-order valence-corrected chi connectivity index (χ0v) is 16.5. The highest BCUT2D eigenvalue weighted by molar-refractivity contribution is 7.93. The van der Waals surface area contributed by atoms with Crippen molar-refractivity contribution in [2.45, 2.75) is 31.1 Å². The lowest BCUT2D eigenvalue weighted by molar-refractivity contribution is 0.480. The average molecular weight is 425 g/mol. The summed E-state index contributed by atoms with van der Waals surface area (Å²) in [5.41, 5.74) is 1.11. The lowest BCUT2D eigenvalue weighted by atomic mass is 10.2. The molecule has 0 saturated heterocycles.